The van der Waals surface area contributed by atoms with Gasteiger partial charge in [-0.3, -0.25) is 9.59 Å². The first-order chi connectivity index (χ1) is 15.1. The number of rotatable bonds is 7. The summed E-state index contributed by atoms with van der Waals surface area (Å²) in [5, 5.41) is 2.68. The van der Waals surface area contributed by atoms with Crippen LogP contribution in [0.4, 0.5) is 5.69 Å². The molecule has 32 heavy (non-hydrogen) atoms. The molecule has 1 aromatic carbocycles. The Bertz CT molecular complexity index is 1110. The van der Waals surface area contributed by atoms with Gasteiger partial charge in [-0.1, -0.05) is 6.07 Å². The van der Waals surface area contributed by atoms with E-state index in [1.807, 2.05) is 0 Å². The molecule has 2 aromatic rings. The molecule has 2 amide bonds. The molecule has 9 nitrogen and oxygen atoms in total. The van der Waals surface area contributed by atoms with Crippen LogP contribution in [-0.4, -0.2) is 61.3 Å². The number of aryl methyl sites for hydroxylation is 1. The van der Waals surface area contributed by atoms with E-state index in [0.717, 1.165) is 5.56 Å². The van der Waals surface area contributed by atoms with Crippen LogP contribution in [0, 0.1) is 6.92 Å². The zero-order valence-electron chi connectivity index (χ0n) is 18.2. The molecule has 1 aromatic heterocycles. The molecule has 0 aliphatic carbocycles. The second-order valence-corrected chi connectivity index (χ2v) is 9.92. The fourth-order valence-electron chi connectivity index (χ4n) is 3.60. The van der Waals surface area contributed by atoms with Gasteiger partial charge >= 0.3 is 5.97 Å². The van der Waals surface area contributed by atoms with E-state index >= 15 is 0 Å². The highest BCUT2D eigenvalue weighted by Gasteiger charge is 2.36. The van der Waals surface area contributed by atoms with Crippen LogP contribution in [-0.2, 0) is 19.4 Å². The first-order valence-corrected chi connectivity index (χ1v) is 12.1. The topological polar surface area (TPSA) is 123 Å². The molecule has 1 aliphatic rings. The number of carbonyl (C=O) groups is 3. The second-order valence-electron chi connectivity index (χ2n) is 7.69. The SMILES string of the molecule is CCN(C(=O)[C@@H](C)OC(=O)c1ccc(C)c(NC(=O)c2ccco2)c1)[C@H]1CCS(=O)(=O)C1. The molecule has 1 aliphatic heterocycles. The van der Waals surface area contributed by atoms with Crippen molar-refractivity contribution in [2.45, 2.75) is 39.3 Å². The summed E-state index contributed by atoms with van der Waals surface area (Å²) >= 11 is 0. The number of hydrogen-bond donors (Lipinski definition) is 1. The van der Waals surface area contributed by atoms with E-state index in [2.05, 4.69) is 5.32 Å². The number of nitrogens with zero attached hydrogens (tertiary/aromatic N) is 1. The van der Waals surface area contributed by atoms with Gasteiger partial charge in [-0.2, -0.15) is 0 Å². The van der Waals surface area contributed by atoms with Crippen molar-refractivity contribution in [3.8, 4) is 0 Å². The summed E-state index contributed by atoms with van der Waals surface area (Å²) in [7, 11) is -3.15. The molecular weight excluding hydrogens is 436 g/mol. The summed E-state index contributed by atoms with van der Waals surface area (Å²) in [5.41, 5.74) is 1.30. The molecule has 2 heterocycles. The lowest BCUT2D eigenvalue weighted by molar-refractivity contribution is -0.141. The highest BCUT2D eigenvalue weighted by Crippen LogP contribution is 2.21. The van der Waals surface area contributed by atoms with Gasteiger partial charge < -0.3 is 19.4 Å². The lowest BCUT2D eigenvalue weighted by Crippen LogP contribution is -2.46. The highest BCUT2D eigenvalue weighted by molar-refractivity contribution is 7.91. The number of nitrogens with one attached hydrogen (secondary N) is 1. The Hall–Kier alpha value is -3.14. The summed E-state index contributed by atoms with van der Waals surface area (Å²) in [5.74, 6) is -1.53. The number of likely N-dealkylation sites (N-methyl/N-ethyl adjacent to an activating group) is 1. The van der Waals surface area contributed by atoms with Crippen LogP contribution in [0.3, 0.4) is 0 Å². The van der Waals surface area contributed by atoms with Gasteiger partial charge in [0.1, 0.15) is 0 Å². The minimum atomic E-state index is -3.15. The third-order valence-electron chi connectivity index (χ3n) is 5.37. The molecular formula is C22H26N2O7S. The Morgan fingerprint density at radius 3 is 2.62 bits per heavy atom. The number of carbonyl (C=O) groups excluding carboxylic acids is 3. The fourth-order valence-corrected chi connectivity index (χ4v) is 5.33. The van der Waals surface area contributed by atoms with Crippen molar-refractivity contribution in [2.75, 3.05) is 23.4 Å². The van der Waals surface area contributed by atoms with Gasteiger partial charge in [0.05, 0.1) is 23.3 Å². The van der Waals surface area contributed by atoms with Gasteiger partial charge in [0.25, 0.3) is 11.8 Å². The van der Waals surface area contributed by atoms with Crippen molar-refractivity contribution in [1.82, 2.24) is 4.90 Å². The maximum atomic E-state index is 12.8. The molecule has 0 saturated carbocycles. The van der Waals surface area contributed by atoms with Crippen LogP contribution >= 0.6 is 0 Å². The van der Waals surface area contributed by atoms with Gasteiger partial charge in [-0.15, -0.1) is 0 Å². The fraction of sp³-hybridized carbons (Fsp3) is 0.409. The van der Waals surface area contributed by atoms with Crippen molar-refractivity contribution in [2.24, 2.45) is 0 Å². The van der Waals surface area contributed by atoms with Crippen LogP contribution in [0.1, 0.15) is 46.7 Å². The van der Waals surface area contributed by atoms with Gasteiger partial charge in [-0.05, 0) is 57.0 Å². The summed E-state index contributed by atoms with van der Waals surface area (Å²) in [4.78, 5) is 39.2. The van der Waals surface area contributed by atoms with E-state index in [9.17, 15) is 22.8 Å². The van der Waals surface area contributed by atoms with E-state index in [1.165, 1.54) is 30.2 Å². The number of amides is 2. The predicted octanol–water partition coefficient (Wildman–Crippen LogP) is 2.42. The van der Waals surface area contributed by atoms with Crippen molar-refractivity contribution in [3.63, 3.8) is 0 Å². The lowest BCUT2D eigenvalue weighted by atomic mass is 10.1. The smallest absolute Gasteiger partial charge is 0.338 e. The molecule has 0 unspecified atom stereocenters. The summed E-state index contributed by atoms with van der Waals surface area (Å²) < 4.78 is 34.0. The molecule has 0 bridgehead atoms. The third-order valence-corrected chi connectivity index (χ3v) is 7.12. The van der Waals surface area contributed by atoms with E-state index < -0.39 is 39.8 Å². The average Bonchev–Trinajstić information content (AvgIpc) is 3.40. The normalized spacial score (nSPS) is 18.0. The minimum absolute atomic E-state index is 0.0471. The summed E-state index contributed by atoms with van der Waals surface area (Å²) in [6.45, 7) is 5.30. The maximum Gasteiger partial charge on any atom is 0.338 e. The second kappa shape index (κ2) is 9.56. The summed E-state index contributed by atoms with van der Waals surface area (Å²) in [6.07, 6.45) is 0.668. The van der Waals surface area contributed by atoms with Gasteiger partial charge in [0.15, 0.2) is 21.7 Å². The number of anilines is 1. The molecule has 1 saturated heterocycles. The van der Waals surface area contributed by atoms with Crippen LogP contribution in [0.5, 0.6) is 0 Å². The molecule has 0 spiro atoms. The Kier molecular flexibility index (Phi) is 7.02. The van der Waals surface area contributed by atoms with Crippen LogP contribution in [0.2, 0.25) is 0 Å². The molecule has 1 N–H and O–H groups in total. The standard InChI is InChI=1S/C22H26N2O7S/c1-4-24(17-9-11-32(28,29)13-17)21(26)15(3)31-22(27)16-8-7-14(2)18(12-16)23-20(25)19-6-5-10-30-19/h5-8,10,12,15,17H,4,9,11,13H2,1-3H3,(H,23,25)/t15-,17+/m1/s1. The Morgan fingerprint density at radius 2 is 2.03 bits per heavy atom. The Balaban J connectivity index is 1.68. The number of sulfone groups is 1. The number of hydrogen-bond acceptors (Lipinski definition) is 7. The Morgan fingerprint density at radius 1 is 1.28 bits per heavy atom. The molecule has 10 heteroatoms. The zero-order valence-corrected chi connectivity index (χ0v) is 19.0. The third kappa shape index (κ3) is 5.37. The molecule has 2 atom stereocenters. The van der Waals surface area contributed by atoms with Gasteiger partial charge in [0.2, 0.25) is 0 Å². The molecule has 3 rings (SSSR count). The van der Waals surface area contributed by atoms with E-state index in [-0.39, 0.29) is 22.8 Å². The maximum absolute atomic E-state index is 12.8. The van der Waals surface area contributed by atoms with Crippen LogP contribution in [0.15, 0.2) is 41.0 Å². The van der Waals surface area contributed by atoms with E-state index in [1.54, 1.807) is 32.0 Å². The molecule has 172 valence electrons. The van der Waals surface area contributed by atoms with Crippen molar-refractivity contribution in [1.29, 1.82) is 0 Å². The van der Waals surface area contributed by atoms with E-state index in [0.29, 0.717) is 18.7 Å². The van der Waals surface area contributed by atoms with Crippen molar-refractivity contribution >= 4 is 33.3 Å². The largest absolute Gasteiger partial charge is 0.459 e. The van der Waals surface area contributed by atoms with Crippen LogP contribution in [0.25, 0.3) is 0 Å². The number of benzene rings is 1. The molecule has 1 fully saturated rings. The van der Waals surface area contributed by atoms with E-state index in [4.69, 9.17) is 9.15 Å². The Labute approximate surface area is 186 Å². The molecule has 0 radical (unpaired) electrons. The predicted molar refractivity (Wildman–Crippen MR) is 117 cm³/mol. The number of esters is 1. The lowest BCUT2D eigenvalue weighted by Gasteiger charge is -2.29. The van der Waals surface area contributed by atoms with Crippen LogP contribution < -0.4 is 5.32 Å². The monoisotopic (exact) mass is 462 g/mol. The van der Waals surface area contributed by atoms with Crippen molar-refractivity contribution < 1.29 is 32.0 Å². The van der Waals surface area contributed by atoms with Gasteiger partial charge in [0, 0.05) is 18.3 Å². The highest BCUT2D eigenvalue weighted by atomic mass is 32.2. The number of furan rings is 1. The first kappa shape index (κ1) is 23.5. The number of ether oxygens (including phenoxy) is 1. The zero-order chi connectivity index (χ0) is 23.5. The van der Waals surface area contributed by atoms with Gasteiger partial charge in [-0.25, -0.2) is 13.2 Å². The minimum Gasteiger partial charge on any atom is -0.459 e. The summed E-state index contributed by atoms with van der Waals surface area (Å²) in [6, 6.07) is 7.36. The van der Waals surface area contributed by atoms with Crippen molar-refractivity contribution in [3.05, 3.63) is 53.5 Å². The quantitative estimate of drug-likeness (QED) is 0.627. The first-order valence-electron chi connectivity index (χ1n) is 10.3. The average molecular weight is 463 g/mol.